The second-order valence-electron chi connectivity index (χ2n) is 7.82. The summed E-state index contributed by atoms with van der Waals surface area (Å²) in [4.78, 5) is 12.7. The van der Waals surface area contributed by atoms with Crippen LogP contribution in [0.3, 0.4) is 0 Å². The van der Waals surface area contributed by atoms with E-state index >= 15 is 0 Å². The summed E-state index contributed by atoms with van der Waals surface area (Å²) in [5.41, 5.74) is 2.29. The van der Waals surface area contributed by atoms with Gasteiger partial charge in [-0.2, -0.15) is 0 Å². The Labute approximate surface area is 199 Å². The molecule has 1 aliphatic rings. The van der Waals surface area contributed by atoms with Crippen LogP contribution in [0.15, 0.2) is 72.8 Å². The highest BCUT2D eigenvalue weighted by molar-refractivity contribution is 5.94. The van der Waals surface area contributed by atoms with Crippen LogP contribution in [0.5, 0.6) is 23.0 Å². The van der Waals surface area contributed by atoms with Crippen molar-refractivity contribution < 1.29 is 28.5 Å². The molecule has 4 rings (SSSR count). The van der Waals surface area contributed by atoms with Gasteiger partial charge in [-0.3, -0.25) is 0 Å². The zero-order valence-corrected chi connectivity index (χ0v) is 19.8. The number of hydrogen-bond acceptors (Lipinski definition) is 6. The Hall–Kier alpha value is -3.93. The van der Waals surface area contributed by atoms with Crippen molar-refractivity contribution in [3.05, 3.63) is 89.5 Å². The molecule has 0 N–H and O–H groups in total. The van der Waals surface area contributed by atoms with E-state index < -0.39 is 11.6 Å². The first-order valence-corrected chi connectivity index (χ1v) is 11.1. The van der Waals surface area contributed by atoms with Crippen molar-refractivity contribution in [3.8, 4) is 23.0 Å². The lowest BCUT2D eigenvalue weighted by Crippen LogP contribution is -2.33. The predicted molar refractivity (Wildman–Crippen MR) is 130 cm³/mol. The molecular formula is C28H28O6. The van der Waals surface area contributed by atoms with Gasteiger partial charge < -0.3 is 23.7 Å². The smallest absolute Gasteiger partial charge is 0.331 e. The third kappa shape index (κ3) is 4.31. The van der Waals surface area contributed by atoms with Crippen molar-refractivity contribution in [1.29, 1.82) is 0 Å². The fourth-order valence-corrected chi connectivity index (χ4v) is 4.31. The van der Waals surface area contributed by atoms with Gasteiger partial charge in [0.25, 0.3) is 0 Å². The molecule has 0 bridgehead atoms. The van der Waals surface area contributed by atoms with E-state index in [1.807, 2.05) is 66.7 Å². The van der Waals surface area contributed by atoms with Crippen LogP contribution in [0, 0.1) is 0 Å². The molecule has 0 aliphatic carbocycles. The van der Waals surface area contributed by atoms with Crippen LogP contribution in [0.4, 0.5) is 0 Å². The number of methoxy groups -OCH3 is 3. The quantitative estimate of drug-likeness (QED) is 0.341. The molecule has 176 valence electrons. The molecule has 1 atom stereocenters. The fraction of sp³-hybridized carbons (Fsp3) is 0.250. The molecule has 0 fully saturated rings. The van der Waals surface area contributed by atoms with E-state index in [4.69, 9.17) is 23.7 Å². The molecule has 1 aliphatic heterocycles. The molecule has 0 aromatic heterocycles. The molecule has 1 heterocycles. The Balaban J connectivity index is 1.96. The Morgan fingerprint density at radius 3 is 2.26 bits per heavy atom. The van der Waals surface area contributed by atoms with Crippen molar-refractivity contribution in [2.45, 2.75) is 18.9 Å². The number of carbonyl (C=O) groups is 1. The highest BCUT2D eigenvalue weighted by atomic mass is 16.5. The average Bonchev–Trinajstić information content (AvgIpc) is 3.27. The molecule has 3 aromatic carbocycles. The summed E-state index contributed by atoms with van der Waals surface area (Å²) in [6.45, 7) is 2.06. The second kappa shape index (κ2) is 9.91. The molecule has 6 heteroatoms. The maximum Gasteiger partial charge on any atom is 0.331 e. The van der Waals surface area contributed by atoms with Gasteiger partial charge in [0.2, 0.25) is 0 Å². The molecule has 3 aromatic rings. The van der Waals surface area contributed by atoms with Gasteiger partial charge in [0.05, 0.1) is 27.9 Å². The van der Waals surface area contributed by atoms with Crippen LogP contribution in [0.25, 0.3) is 5.57 Å². The second-order valence-corrected chi connectivity index (χ2v) is 7.82. The maximum atomic E-state index is 12.7. The lowest BCUT2D eigenvalue weighted by Gasteiger charge is -2.33. The minimum absolute atomic E-state index is 0.277. The number of ether oxygens (including phenoxy) is 5. The lowest BCUT2D eigenvalue weighted by molar-refractivity contribution is -0.137. The van der Waals surface area contributed by atoms with Crippen LogP contribution in [0.1, 0.15) is 23.6 Å². The number of benzene rings is 3. The Bertz CT molecular complexity index is 1180. The van der Waals surface area contributed by atoms with Gasteiger partial charge in [-0.05, 0) is 24.6 Å². The van der Waals surface area contributed by atoms with Gasteiger partial charge in [-0.15, -0.1) is 0 Å². The summed E-state index contributed by atoms with van der Waals surface area (Å²) in [5, 5.41) is 0. The minimum atomic E-state index is -1.01. The molecule has 1 unspecified atom stereocenters. The largest absolute Gasteiger partial charge is 0.497 e. The van der Waals surface area contributed by atoms with Gasteiger partial charge in [0.1, 0.15) is 23.0 Å². The zero-order chi connectivity index (χ0) is 24.1. The van der Waals surface area contributed by atoms with Crippen molar-refractivity contribution in [2.75, 3.05) is 27.9 Å². The predicted octanol–water partition coefficient (Wildman–Crippen LogP) is 5.19. The number of esters is 1. The number of hydrogen-bond donors (Lipinski definition) is 0. The van der Waals surface area contributed by atoms with E-state index in [-0.39, 0.29) is 6.61 Å². The number of rotatable bonds is 8. The van der Waals surface area contributed by atoms with E-state index in [1.165, 1.54) is 6.08 Å². The summed E-state index contributed by atoms with van der Waals surface area (Å²) < 4.78 is 28.6. The topological polar surface area (TPSA) is 63.2 Å². The molecule has 0 saturated heterocycles. The third-order valence-electron chi connectivity index (χ3n) is 5.93. The van der Waals surface area contributed by atoms with Crippen LogP contribution < -0.4 is 18.9 Å². The van der Waals surface area contributed by atoms with Crippen LogP contribution in [-0.2, 0) is 21.6 Å². The Morgan fingerprint density at radius 2 is 1.65 bits per heavy atom. The maximum absolute atomic E-state index is 12.7. The first-order valence-electron chi connectivity index (χ1n) is 11.1. The minimum Gasteiger partial charge on any atom is -0.497 e. The van der Waals surface area contributed by atoms with Gasteiger partial charge >= 0.3 is 5.97 Å². The first-order chi connectivity index (χ1) is 16.5. The van der Waals surface area contributed by atoms with Crippen LogP contribution in [-0.4, -0.2) is 33.9 Å². The SMILES string of the molecule is CCOC(=O)/C=C(\c1ccccc1)C1(c2ccc(OC)cc2)Cc2c(OC)cc(OC)cc2O1. The van der Waals surface area contributed by atoms with Gasteiger partial charge in [-0.25, -0.2) is 4.79 Å². The third-order valence-corrected chi connectivity index (χ3v) is 5.93. The molecule has 0 radical (unpaired) electrons. The highest BCUT2D eigenvalue weighted by Crippen LogP contribution is 2.53. The van der Waals surface area contributed by atoms with Gasteiger partial charge in [-0.1, -0.05) is 42.5 Å². The van der Waals surface area contributed by atoms with Gasteiger partial charge in [0, 0.05) is 41.3 Å². The monoisotopic (exact) mass is 460 g/mol. The summed E-state index contributed by atoms with van der Waals surface area (Å²) in [6, 6.07) is 21.1. The molecule has 0 saturated carbocycles. The number of fused-ring (bicyclic) bond motifs is 1. The molecule has 0 amide bonds. The zero-order valence-electron chi connectivity index (χ0n) is 19.8. The van der Waals surface area contributed by atoms with Gasteiger partial charge in [0.15, 0.2) is 5.60 Å². The van der Waals surface area contributed by atoms with Crippen molar-refractivity contribution >= 4 is 11.5 Å². The summed E-state index contributed by atoms with van der Waals surface area (Å²) in [7, 11) is 4.85. The normalized spacial score (nSPS) is 16.9. The Kier molecular flexibility index (Phi) is 6.77. The molecular weight excluding hydrogens is 432 g/mol. The number of carbonyl (C=O) groups excluding carboxylic acids is 1. The average molecular weight is 461 g/mol. The van der Waals surface area contributed by atoms with E-state index in [1.54, 1.807) is 28.3 Å². The molecule has 0 spiro atoms. The summed E-state index contributed by atoms with van der Waals surface area (Å²) in [6.07, 6.45) is 1.97. The molecule has 6 nitrogen and oxygen atoms in total. The van der Waals surface area contributed by atoms with E-state index in [0.717, 1.165) is 22.4 Å². The standard InChI is InChI=1S/C28H28O6/c1-5-33-27(29)17-24(19-9-7-6-8-10-19)28(20-11-13-21(30-2)14-12-20)18-23-25(32-4)15-22(31-3)16-26(23)34-28/h6-17H,5,18H2,1-4H3/b24-17+. The first kappa shape index (κ1) is 23.2. The van der Waals surface area contributed by atoms with Crippen LogP contribution >= 0.6 is 0 Å². The lowest BCUT2D eigenvalue weighted by atomic mass is 9.79. The molecule has 34 heavy (non-hydrogen) atoms. The Morgan fingerprint density at radius 1 is 0.941 bits per heavy atom. The fourth-order valence-electron chi connectivity index (χ4n) is 4.31. The van der Waals surface area contributed by atoms with Crippen molar-refractivity contribution in [1.82, 2.24) is 0 Å². The highest BCUT2D eigenvalue weighted by Gasteiger charge is 2.47. The van der Waals surface area contributed by atoms with E-state index in [0.29, 0.717) is 29.2 Å². The summed E-state index contributed by atoms with van der Waals surface area (Å²) in [5.74, 6) is 2.21. The van der Waals surface area contributed by atoms with E-state index in [2.05, 4.69) is 0 Å². The van der Waals surface area contributed by atoms with Crippen molar-refractivity contribution in [2.24, 2.45) is 0 Å². The van der Waals surface area contributed by atoms with E-state index in [9.17, 15) is 4.79 Å². The summed E-state index contributed by atoms with van der Waals surface area (Å²) >= 11 is 0. The van der Waals surface area contributed by atoms with Crippen molar-refractivity contribution in [3.63, 3.8) is 0 Å². The van der Waals surface area contributed by atoms with Crippen LogP contribution in [0.2, 0.25) is 0 Å².